The first-order valence-corrected chi connectivity index (χ1v) is 20.7. The molecule has 0 radical (unpaired) electrons. The fourth-order valence-corrected chi connectivity index (χ4v) is 6.60. The van der Waals surface area contributed by atoms with E-state index >= 15 is 0 Å². The molecule has 16 heteroatoms. The maximum atomic E-state index is 14.0. The molecule has 14 nitrogen and oxygen atoms in total. The second kappa shape index (κ2) is 14.7. The molecule has 0 saturated carbocycles. The number of benzene rings is 2. The van der Waals surface area contributed by atoms with Crippen LogP contribution in [0, 0.1) is 0 Å². The molecular weight excluding hydrogens is 689 g/mol. The van der Waals surface area contributed by atoms with Gasteiger partial charge in [0.2, 0.25) is 5.75 Å². The maximum absolute atomic E-state index is 14.0. The van der Waals surface area contributed by atoms with Crippen molar-refractivity contribution in [3.05, 3.63) is 72.4 Å². The molecule has 0 fully saturated rings. The van der Waals surface area contributed by atoms with E-state index in [4.69, 9.17) is 23.6 Å². The van der Waals surface area contributed by atoms with Crippen molar-refractivity contribution < 1.29 is 27.1 Å². The van der Waals surface area contributed by atoms with Crippen LogP contribution in [0.2, 0.25) is 18.1 Å². The minimum Gasteiger partial charge on any atom is -0.493 e. The van der Waals surface area contributed by atoms with Crippen molar-refractivity contribution in [2.45, 2.75) is 70.0 Å². The number of hydrogen-bond acceptors (Lipinski definition) is 12. The number of aromatic amines is 1. The average molecular weight is 733 g/mol. The van der Waals surface area contributed by atoms with Crippen LogP contribution in [0.1, 0.15) is 47.1 Å². The predicted molar refractivity (Wildman–Crippen MR) is 196 cm³/mol. The van der Waals surface area contributed by atoms with Gasteiger partial charge in [-0.05, 0) is 75.9 Å². The number of methoxy groups -OCH3 is 1. The van der Waals surface area contributed by atoms with Crippen LogP contribution in [-0.4, -0.2) is 72.6 Å². The Hall–Kier alpha value is -4.93. The first-order chi connectivity index (χ1) is 24.0. The molecule has 3 aromatic heterocycles. The van der Waals surface area contributed by atoms with E-state index in [2.05, 4.69) is 90.0 Å². The molecule has 0 bridgehead atoms. The van der Waals surface area contributed by atoms with E-state index in [1.54, 1.807) is 66.9 Å². The van der Waals surface area contributed by atoms with Gasteiger partial charge in [0.05, 0.1) is 18.6 Å². The van der Waals surface area contributed by atoms with Crippen LogP contribution < -0.4 is 18.9 Å². The largest absolute Gasteiger partial charge is 0.493 e. The van der Waals surface area contributed by atoms with Gasteiger partial charge in [0.1, 0.15) is 12.3 Å². The number of sulfonamides is 1. The third-order valence-electron chi connectivity index (χ3n) is 8.57. The number of para-hydroxylation sites is 2. The number of H-pyrrole nitrogens is 1. The van der Waals surface area contributed by atoms with E-state index in [1.807, 2.05) is 0 Å². The fraction of sp³-hybridized carbons (Fsp3) is 0.371. The van der Waals surface area contributed by atoms with Crippen molar-refractivity contribution >= 4 is 24.2 Å². The normalized spacial score (nSPS) is 12.4. The molecule has 5 rings (SSSR count). The monoisotopic (exact) mass is 732 g/mol. The summed E-state index contributed by atoms with van der Waals surface area (Å²) in [5.74, 6) is 0.888. The Labute approximate surface area is 299 Å². The minimum absolute atomic E-state index is 0.0121. The number of aromatic nitrogens is 7. The van der Waals surface area contributed by atoms with Crippen LogP contribution in [0.4, 0.5) is 5.82 Å². The molecule has 270 valence electrons. The lowest BCUT2D eigenvalue weighted by Crippen LogP contribution is -2.41. The summed E-state index contributed by atoms with van der Waals surface area (Å²) >= 11 is 0. The van der Waals surface area contributed by atoms with Crippen LogP contribution in [0.25, 0.3) is 22.9 Å². The summed E-state index contributed by atoms with van der Waals surface area (Å²) in [7, 11) is -4.79. The summed E-state index contributed by atoms with van der Waals surface area (Å²) in [6.07, 6.45) is 1.55. The number of nitrogens with zero attached hydrogens (tertiary/aromatic N) is 6. The Morgan fingerprint density at radius 1 is 0.902 bits per heavy atom. The third-order valence-corrected chi connectivity index (χ3v) is 14.5. The van der Waals surface area contributed by atoms with Gasteiger partial charge in [-0.3, -0.25) is 9.71 Å². The lowest BCUT2D eigenvalue weighted by molar-refractivity contribution is 0.195. The number of pyridine rings is 1. The van der Waals surface area contributed by atoms with Crippen molar-refractivity contribution in [3.8, 4) is 46.0 Å². The van der Waals surface area contributed by atoms with Crippen molar-refractivity contribution in [1.29, 1.82) is 0 Å². The molecule has 3 heterocycles. The van der Waals surface area contributed by atoms with Crippen LogP contribution >= 0.6 is 0 Å². The summed E-state index contributed by atoms with van der Waals surface area (Å²) in [5.41, 5.74) is 1.72. The zero-order valence-electron chi connectivity index (χ0n) is 30.3. The molecule has 0 aliphatic carbocycles. The topological polar surface area (TPSA) is 176 Å². The molecule has 2 aromatic carbocycles. The summed E-state index contributed by atoms with van der Waals surface area (Å²) in [6, 6.07) is 17.0. The first kappa shape index (κ1) is 37.3. The van der Waals surface area contributed by atoms with Crippen molar-refractivity contribution in [2.75, 3.05) is 25.0 Å². The molecule has 2 N–H and O–H groups in total. The smallest absolute Gasteiger partial charge is 0.263 e. The molecule has 0 aliphatic heterocycles. The zero-order chi connectivity index (χ0) is 37.0. The first-order valence-electron chi connectivity index (χ1n) is 16.3. The molecule has 51 heavy (non-hydrogen) atoms. The average Bonchev–Trinajstić information content (AvgIpc) is 3.62. The number of nitrogens with one attached hydrogen (secondary N) is 2. The van der Waals surface area contributed by atoms with Gasteiger partial charge in [-0.25, -0.2) is 18.5 Å². The van der Waals surface area contributed by atoms with Gasteiger partial charge >= 0.3 is 0 Å². The quantitative estimate of drug-likeness (QED) is 0.0936. The highest BCUT2D eigenvalue weighted by Gasteiger charge is 2.37. The van der Waals surface area contributed by atoms with Crippen LogP contribution in [-0.2, 0) is 19.9 Å². The Bertz CT molecular complexity index is 2060. The van der Waals surface area contributed by atoms with Crippen LogP contribution in [0.3, 0.4) is 0 Å². The van der Waals surface area contributed by atoms with Crippen molar-refractivity contribution in [2.24, 2.45) is 0 Å². The fourth-order valence-electron chi connectivity index (χ4n) is 4.57. The maximum Gasteiger partial charge on any atom is 0.263 e. The van der Waals surface area contributed by atoms with Crippen LogP contribution in [0.15, 0.2) is 71.8 Å². The van der Waals surface area contributed by atoms with Gasteiger partial charge in [0.25, 0.3) is 15.9 Å². The van der Waals surface area contributed by atoms with Gasteiger partial charge < -0.3 is 18.6 Å². The highest BCUT2D eigenvalue weighted by atomic mass is 32.2. The van der Waals surface area contributed by atoms with E-state index < -0.39 is 18.3 Å². The molecule has 0 unspecified atom stereocenters. The number of hydrogen-bond donors (Lipinski definition) is 2. The Morgan fingerprint density at radius 3 is 2.24 bits per heavy atom. The minimum atomic E-state index is -4.20. The van der Waals surface area contributed by atoms with Gasteiger partial charge in [-0.2, -0.15) is 4.98 Å². The predicted octanol–water partition coefficient (Wildman–Crippen LogP) is 7.02. The van der Waals surface area contributed by atoms with Gasteiger partial charge in [0, 0.05) is 11.8 Å². The summed E-state index contributed by atoms with van der Waals surface area (Å²) in [5, 5.41) is 13.9. The molecule has 0 saturated heterocycles. The van der Waals surface area contributed by atoms with E-state index in [1.165, 1.54) is 7.11 Å². The Balaban J connectivity index is 1.63. The third kappa shape index (κ3) is 8.87. The summed E-state index contributed by atoms with van der Waals surface area (Å²) in [6.45, 7) is 17.3. The lowest BCUT2D eigenvalue weighted by atomic mass is 9.87. The number of rotatable bonds is 13. The molecule has 0 spiro atoms. The molecule has 5 aromatic rings. The second-order valence-electron chi connectivity index (χ2n) is 14.3. The van der Waals surface area contributed by atoms with E-state index in [9.17, 15) is 8.42 Å². The summed E-state index contributed by atoms with van der Waals surface area (Å²) in [4.78, 5) is 13.8. The molecule has 0 amide bonds. The van der Waals surface area contributed by atoms with Gasteiger partial charge in [-0.15, -0.1) is 5.10 Å². The standard InChI is InChI=1S/C35H44N8O6SSi/c1-34(2,3)24-14-16-25(17-15-24)50(44,45)41-32-29(49-28-13-11-10-12-27(28)46-7)33(47-20-21-48-51(8,9)35(4,5)6)38-30(37-32)23-18-19-36-26(22-23)31-39-42-43-40-31/h10-19,22H,20-21H2,1-9H3,(H,37,38,41)(H,39,40,42,43). The number of anilines is 1. The SMILES string of the molecule is COc1ccccc1Oc1c(NS(=O)(=O)c2ccc(C(C)(C)C)cc2)nc(-c2ccnc(-c3nnn[nH]3)c2)nc1OCCO[Si](C)(C)C(C)(C)C. The zero-order valence-corrected chi connectivity index (χ0v) is 32.1. The van der Waals surface area contributed by atoms with Crippen LogP contribution in [0.5, 0.6) is 23.1 Å². The van der Waals surface area contributed by atoms with E-state index in [-0.39, 0.29) is 57.6 Å². The number of tetrazole rings is 1. The molecular formula is C35H44N8O6SSi. The number of ether oxygens (including phenoxy) is 3. The highest BCUT2D eigenvalue weighted by molar-refractivity contribution is 7.92. The van der Waals surface area contributed by atoms with Crippen molar-refractivity contribution in [3.63, 3.8) is 0 Å². The summed E-state index contributed by atoms with van der Waals surface area (Å²) < 4.78 is 55.1. The second-order valence-corrected chi connectivity index (χ2v) is 20.8. The van der Waals surface area contributed by atoms with Gasteiger partial charge in [-0.1, -0.05) is 65.8 Å². The molecule has 0 aliphatic rings. The molecule has 0 atom stereocenters. The lowest BCUT2D eigenvalue weighted by Gasteiger charge is -2.36. The Morgan fingerprint density at radius 2 is 1.61 bits per heavy atom. The van der Waals surface area contributed by atoms with Crippen molar-refractivity contribution in [1.82, 2.24) is 35.6 Å². The van der Waals surface area contributed by atoms with E-state index in [0.717, 1.165) is 5.56 Å². The van der Waals surface area contributed by atoms with Gasteiger partial charge in [0.15, 0.2) is 37.3 Å². The Kier molecular flexibility index (Phi) is 10.8. The van der Waals surface area contributed by atoms with E-state index in [0.29, 0.717) is 22.8 Å². The highest BCUT2D eigenvalue weighted by Crippen LogP contribution is 2.42.